The van der Waals surface area contributed by atoms with Crippen LogP contribution in [0, 0.1) is 16.2 Å². The van der Waals surface area contributed by atoms with Gasteiger partial charge in [-0.2, -0.15) is 0 Å². The molecule has 42 heavy (non-hydrogen) atoms. The van der Waals surface area contributed by atoms with Crippen LogP contribution in [0.4, 0.5) is 14.4 Å². The molecule has 0 bridgehead atoms. The summed E-state index contributed by atoms with van der Waals surface area (Å²) < 4.78 is 31.2. The maximum atomic E-state index is 12.4. The van der Waals surface area contributed by atoms with Crippen molar-refractivity contribution in [1.29, 1.82) is 0 Å². The molecule has 1 rings (SSSR count). The number of rotatable bonds is 11. The highest BCUT2D eigenvalue weighted by molar-refractivity contribution is 5.79. The maximum absolute atomic E-state index is 12.4. The van der Waals surface area contributed by atoms with Gasteiger partial charge >= 0.3 is 24.4 Å². The Morgan fingerprint density at radius 2 is 1.17 bits per heavy atom. The molecule has 2 atom stereocenters. The predicted molar refractivity (Wildman–Crippen MR) is 154 cm³/mol. The fourth-order valence-electron chi connectivity index (χ4n) is 3.24. The lowest BCUT2D eigenvalue weighted by atomic mass is 9.86. The summed E-state index contributed by atoms with van der Waals surface area (Å²) in [5.74, 6) is -1.71. The summed E-state index contributed by atoms with van der Waals surface area (Å²) >= 11 is 0. The zero-order chi connectivity index (χ0) is 32.5. The van der Waals surface area contributed by atoms with Crippen molar-refractivity contribution in [2.45, 2.75) is 93.7 Å². The molecular weight excluding hydrogens is 550 g/mol. The van der Waals surface area contributed by atoms with Crippen LogP contribution < -0.4 is 15.2 Å². The summed E-state index contributed by atoms with van der Waals surface area (Å²) in [4.78, 5) is 49.0. The molecule has 0 radical (unpaired) electrons. The monoisotopic (exact) mass is 597 g/mol. The van der Waals surface area contributed by atoms with Gasteiger partial charge in [-0.15, -0.1) is 0 Å². The SMILES string of the molecule is C[C@@H](CC(N)(Cc1ccc(OC(=O)OCC(C)(C)C)c(OC(=O)OCC(C)(C)C)c1)C(=O)O)OC(=O)OCC(C)(C)C. The summed E-state index contributed by atoms with van der Waals surface area (Å²) in [7, 11) is 0. The maximum Gasteiger partial charge on any atom is 0.513 e. The topological polar surface area (TPSA) is 170 Å². The summed E-state index contributed by atoms with van der Waals surface area (Å²) in [6, 6.07) is 4.11. The molecule has 0 amide bonds. The average molecular weight is 598 g/mol. The number of benzene rings is 1. The molecule has 1 aromatic carbocycles. The Morgan fingerprint density at radius 1 is 0.738 bits per heavy atom. The van der Waals surface area contributed by atoms with E-state index in [1.54, 1.807) is 0 Å². The van der Waals surface area contributed by atoms with Crippen LogP contribution in [0.15, 0.2) is 18.2 Å². The first-order valence-corrected chi connectivity index (χ1v) is 13.7. The van der Waals surface area contributed by atoms with Crippen molar-refractivity contribution in [2.75, 3.05) is 19.8 Å². The Bertz CT molecular complexity index is 1100. The molecule has 0 fully saturated rings. The highest BCUT2D eigenvalue weighted by Crippen LogP contribution is 2.32. The van der Waals surface area contributed by atoms with Crippen molar-refractivity contribution in [3.63, 3.8) is 0 Å². The Hall–Kier alpha value is -3.54. The van der Waals surface area contributed by atoms with E-state index in [4.69, 9.17) is 34.2 Å². The molecule has 0 aliphatic rings. The minimum absolute atomic E-state index is 0.0519. The number of hydrogen-bond donors (Lipinski definition) is 2. The van der Waals surface area contributed by atoms with E-state index < -0.39 is 36.1 Å². The largest absolute Gasteiger partial charge is 0.513 e. The van der Waals surface area contributed by atoms with Crippen molar-refractivity contribution in [3.8, 4) is 11.5 Å². The molecule has 12 nitrogen and oxygen atoms in total. The number of ether oxygens (including phenoxy) is 6. The Kier molecular flexibility index (Phi) is 12.7. The van der Waals surface area contributed by atoms with Gasteiger partial charge in [0.25, 0.3) is 0 Å². The molecule has 1 aromatic rings. The van der Waals surface area contributed by atoms with Crippen molar-refractivity contribution < 1.29 is 52.7 Å². The number of carbonyl (C=O) groups excluding carboxylic acids is 3. The first kappa shape index (κ1) is 36.5. The molecule has 0 spiro atoms. The lowest BCUT2D eigenvalue weighted by Crippen LogP contribution is -2.52. The number of carbonyl (C=O) groups is 4. The van der Waals surface area contributed by atoms with E-state index in [9.17, 15) is 24.3 Å². The van der Waals surface area contributed by atoms with Crippen LogP contribution in [-0.4, -0.2) is 61.0 Å². The molecule has 238 valence electrons. The third-order valence-electron chi connectivity index (χ3n) is 5.16. The van der Waals surface area contributed by atoms with Crippen LogP contribution in [-0.2, 0) is 30.2 Å². The van der Waals surface area contributed by atoms with Crippen LogP contribution >= 0.6 is 0 Å². The predicted octanol–water partition coefficient (Wildman–Crippen LogP) is 6.11. The zero-order valence-corrected chi connectivity index (χ0v) is 26.5. The highest BCUT2D eigenvalue weighted by Gasteiger charge is 2.37. The first-order chi connectivity index (χ1) is 19.0. The normalized spacial score (nSPS) is 14.2. The fourth-order valence-corrected chi connectivity index (χ4v) is 3.24. The van der Waals surface area contributed by atoms with Crippen LogP contribution in [0.3, 0.4) is 0 Å². The number of carboxylic acids is 1. The minimum Gasteiger partial charge on any atom is -0.480 e. The molecule has 1 unspecified atom stereocenters. The van der Waals surface area contributed by atoms with Gasteiger partial charge in [0.05, 0.1) is 19.8 Å². The van der Waals surface area contributed by atoms with Gasteiger partial charge in [-0.05, 0) is 40.9 Å². The Morgan fingerprint density at radius 3 is 1.60 bits per heavy atom. The van der Waals surface area contributed by atoms with E-state index in [-0.39, 0.29) is 60.4 Å². The van der Waals surface area contributed by atoms with Crippen LogP contribution in [0.1, 0.15) is 81.2 Å². The molecule has 0 saturated heterocycles. The molecule has 0 aliphatic carbocycles. The summed E-state index contributed by atoms with van der Waals surface area (Å²) in [6.45, 7) is 18.6. The fraction of sp³-hybridized carbons (Fsp3) is 0.667. The summed E-state index contributed by atoms with van der Waals surface area (Å²) in [5, 5.41) is 9.96. The molecule has 3 N–H and O–H groups in total. The van der Waals surface area contributed by atoms with Gasteiger partial charge in [0, 0.05) is 12.8 Å². The van der Waals surface area contributed by atoms with E-state index in [2.05, 4.69) is 0 Å². The van der Waals surface area contributed by atoms with Crippen molar-refractivity contribution in [1.82, 2.24) is 0 Å². The highest BCUT2D eigenvalue weighted by atomic mass is 16.7. The van der Waals surface area contributed by atoms with E-state index in [0.29, 0.717) is 5.56 Å². The summed E-state index contributed by atoms with van der Waals surface area (Å²) in [5.41, 5.74) is 3.78. The zero-order valence-electron chi connectivity index (χ0n) is 26.5. The van der Waals surface area contributed by atoms with Crippen LogP contribution in [0.2, 0.25) is 0 Å². The van der Waals surface area contributed by atoms with Gasteiger partial charge in [0.15, 0.2) is 11.5 Å². The average Bonchev–Trinajstić information content (AvgIpc) is 2.80. The van der Waals surface area contributed by atoms with Crippen molar-refractivity contribution in [2.24, 2.45) is 22.0 Å². The minimum atomic E-state index is -1.89. The standard InChI is InChI=1S/C30H47NO11/c1-19(40-24(34)37-16-27(2,3)4)14-30(31,23(32)33)15-20-11-12-21(41-25(35)38-17-28(5,6)7)22(13-20)42-26(36)39-18-29(8,9)10/h11-13,19H,14-18,31H2,1-10H3,(H,32,33)/t19-,30?/m0/s1. The second kappa shape index (κ2) is 14.6. The summed E-state index contributed by atoms with van der Waals surface area (Å²) in [6.07, 6.45) is -4.42. The first-order valence-electron chi connectivity index (χ1n) is 13.7. The second-order valence-electron chi connectivity index (χ2n) is 14.1. The van der Waals surface area contributed by atoms with Gasteiger partial charge < -0.3 is 39.3 Å². The third-order valence-corrected chi connectivity index (χ3v) is 5.16. The smallest absolute Gasteiger partial charge is 0.480 e. The van der Waals surface area contributed by atoms with Gasteiger partial charge in [0.1, 0.15) is 11.6 Å². The van der Waals surface area contributed by atoms with Crippen LogP contribution in [0.5, 0.6) is 11.5 Å². The third kappa shape index (κ3) is 14.9. The Balaban J connectivity index is 3.16. The lowest BCUT2D eigenvalue weighted by molar-refractivity contribution is -0.144. The van der Waals surface area contributed by atoms with E-state index in [1.165, 1.54) is 25.1 Å². The van der Waals surface area contributed by atoms with E-state index in [0.717, 1.165) is 0 Å². The number of nitrogens with two attached hydrogens (primary N) is 1. The van der Waals surface area contributed by atoms with Crippen LogP contribution in [0.25, 0.3) is 0 Å². The molecule has 12 heteroatoms. The molecular formula is C30H47NO11. The van der Waals surface area contributed by atoms with E-state index in [1.807, 2.05) is 62.3 Å². The van der Waals surface area contributed by atoms with Gasteiger partial charge in [-0.25, -0.2) is 14.4 Å². The number of aliphatic carboxylic acids is 1. The van der Waals surface area contributed by atoms with Gasteiger partial charge in [-0.3, -0.25) is 4.79 Å². The number of hydrogen-bond acceptors (Lipinski definition) is 11. The van der Waals surface area contributed by atoms with Gasteiger partial charge in [0.2, 0.25) is 0 Å². The van der Waals surface area contributed by atoms with Gasteiger partial charge in [-0.1, -0.05) is 68.4 Å². The van der Waals surface area contributed by atoms with Crippen molar-refractivity contribution >= 4 is 24.4 Å². The van der Waals surface area contributed by atoms with Crippen molar-refractivity contribution in [3.05, 3.63) is 23.8 Å². The second-order valence-corrected chi connectivity index (χ2v) is 14.1. The molecule has 0 aliphatic heterocycles. The molecule has 0 aromatic heterocycles. The lowest BCUT2D eigenvalue weighted by Gasteiger charge is -2.28. The number of carboxylic acid groups (broad SMARTS) is 1. The quantitative estimate of drug-likeness (QED) is 0.171. The van der Waals surface area contributed by atoms with E-state index >= 15 is 0 Å². The Labute approximate surface area is 248 Å². The molecule has 0 heterocycles. The molecule has 0 saturated carbocycles.